The highest BCUT2D eigenvalue weighted by Crippen LogP contribution is 2.18. The minimum atomic E-state index is -4.33. The quantitative estimate of drug-likeness (QED) is 0.870. The molecule has 7 nitrogen and oxygen atoms in total. The molecule has 1 aromatic carbocycles. The Balaban J connectivity index is 2.01. The van der Waals surface area contributed by atoms with Gasteiger partial charge in [-0.1, -0.05) is 5.21 Å². The van der Waals surface area contributed by atoms with Crippen LogP contribution in [0.5, 0.6) is 0 Å². The van der Waals surface area contributed by atoms with E-state index >= 15 is 0 Å². The van der Waals surface area contributed by atoms with Crippen LogP contribution >= 0.6 is 0 Å². The Morgan fingerprint density at radius 1 is 1.22 bits per heavy atom. The Kier molecular flexibility index (Phi) is 4.63. The van der Waals surface area contributed by atoms with Crippen LogP contribution in [0, 0.1) is 0 Å². The first-order valence-corrected chi connectivity index (χ1v) is 6.37. The Hall–Kier alpha value is -2.91. The van der Waals surface area contributed by atoms with E-state index in [9.17, 15) is 22.8 Å². The zero-order valence-electron chi connectivity index (χ0n) is 11.5. The van der Waals surface area contributed by atoms with Crippen molar-refractivity contribution in [2.45, 2.75) is 12.6 Å². The number of nitrogens with zero attached hydrogens (tertiary/aromatic N) is 3. The zero-order chi connectivity index (χ0) is 17.0. The van der Waals surface area contributed by atoms with Gasteiger partial charge in [0.15, 0.2) is 5.69 Å². The Morgan fingerprint density at radius 3 is 2.39 bits per heavy atom. The van der Waals surface area contributed by atoms with Crippen molar-refractivity contribution in [2.24, 2.45) is 0 Å². The molecule has 2 aromatic rings. The molecule has 0 atom stereocenters. The van der Waals surface area contributed by atoms with E-state index in [1.807, 2.05) is 0 Å². The molecule has 0 radical (unpaired) electrons. The highest BCUT2D eigenvalue weighted by molar-refractivity contribution is 5.94. The van der Waals surface area contributed by atoms with E-state index in [0.29, 0.717) is 5.69 Å². The minimum Gasteiger partial charge on any atom is -0.476 e. The van der Waals surface area contributed by atoms with Gasteiger partial charge in [-0.15, -0.1) is 5.10 Å². The second-order valence-corrected chi connectivity index (χ2v) is 4.52. The third kappa shape index (κ3) is 4.53. The maximum absolute atomic E-state index is 12.0. The molecule has 10 heteroatoms. The number of hydrogen-bond donors (Lipinski definition) is 2. The number of aromatic carboxylic acids is 1. The molecule has 23 heavy (non-hydrogen) atoms. The molecule has 1 heterocycles. The number of benzene rings is 1. The van der Waals surface area contributed by atoms with Gasteiger partial charge in [-0.3, -0.25) is 4.79 Å². The third-order valence-corrected chi connectivity index (χ3v) is 2.80. The van der Waals surface area contributed by atoms with Gasteiger partial charge in [-0.05, 0) is 24.3 Å². The summed E-state index contributed by atoms with van der Waals surface area (Å²) >= 11 is 0. The zero-order valence-corrected chi connectivity index (χ0v) is 11.5. The number of nitrogens with one attached hydrogen (secondary N) is 1. The number of carboxylic acids is 1. The summed E-state index contributed by atoms with van der Waals surface area (Å²) in [5, 5.41) is 18.0. The lowest BCUT2D eigenvalue weighted by Crippen LogP contribution is -2.27. The number of halogens is 3. The first-order chi connectivity index (χ1) is 10.8. The van der Waals surface area contributed by atoms with Gasteiger partial charge in [-0.2, -0.15) is 13.2 Å². The fourth-order valence-electron chi connectivity index (χ4n) is 1.67. The Labute approximate surface area is 127 Å². The van der Waals surface area contributed by atoms with E-state index in [1.165, 1.54) is 35.1 Å². The van der Waals surface area contributed by atoms with Crippen molar-refractivity contribution in [3.8, 4) is 5.69 Å². The van der Waals surface area contributed by atoms with Gasteiger partial charge >= 0.3 is 12.1 Å². The second kappa shape index (κ2) is 6.46. The summed E-state index contributed by atoms with van der Waals surface area (Å²) in [6, 6.07) is 5.72. The molecule has 0 saturated heterocycles. The van der Waals surface area contributed by atoms with Crippen LogP contribution < -0.4 is 5.32 Å². The smallest absolute Gasteiger partial charge is 0.390 e. The fraction of sp³-hybridized carbons (Fsp3) is 0.231. The lowest BCUT2D eigenvalue weighted by atomic mass is 10.2. The van der Waals surface area contributed by atoms with Gasteiger partial charge in [0, 0.05) is 12.1 Å². The van der Waals surface area contributed by atoms with Gasteiger partial charge < -0.3 is 10.4 Å². The lowest BCUT2D eigenvalue weighted by molar-refractivity contribution is -0.133. The molecule has 0 saturated carbocycles. The topological polar surface area (TPSA) is 97.1 Å². The molecule has 1 amide bonds. The van der Waals surface area contributed by atoms with Crippen molar-refractivity contribution in [1.29, 1.82) is 0 Å². The SMILES string of the molecule is O=C(NCCC(F)(F)F)c1ccc(-n2cc(C(=O)O)nn2)cc1. The van der Waals surface area contributed by atoms with Crippen molar-refractivity contribution in [2.75, 3.05) is 6.54 Å². The van der Waals surface area contributed by atoms with Gasteiger partial charge in [0.1, 0.15) is 0 Å². The molecule has 0 aliphatic carbocycles. The summed E-state index contributed by atoms with van der Waals surface area (Å²) in [6.07, 6.45) is -4.24. The molecular formula is C13H11F3N4O3. The summed E-state index contributed by atoms with van der Waals surface area (Å²) in [5.74, 6) is -1.86. The predicted octanol–water partition coefficient (Wildman–Crippen LogP) is 1.65. The molecule has 0 unspecified atom stereocenters. The van der Waals surface area contributed by atoms with Crippen LogP contribution in [0.3, 0.4) is 0 Å². The average Bonchev–Trinajstić information content (AvgIpc) is 2.96. The largest absolute Gasteiger partial charge is 0.476 e. The number of carboxylic acid groups (broad SMARTS) is 1. The summed E-state index contributed by atoms with van der Waals surface area (Å²) < 4.78 is 37.2. The summed E-state index contributed by atoms with van der Waals surface area (Å²) in [4.78, 5) is 22.4. The molecule has 2 N–H and O–H groups in total. The van der Waals surface area contributed by atoms with E-state index in [4.69, 9.17) is 5.11 Å². The average molecular weight is 328 g/mol. The minimum absolute atomic E-state index is 0.175. The van der Waals surface area contributed by atoms with Gasteiger partial charge in [0.05, 0.1) is 18.3 Å². The van der Waals surface area contributed by atoms with Crippen LogP contribution in [-0.4, -0.2) is 44.7 Å². The van der Waals surface area contributed by atoms with Crippen molar-refractivity contribution in [3.63, 3.8) is 0 Å². The van der Waals surface area contributed by atoms with Crippen molar-refractivity contribution in [3.05, 3.63) is 41.7 Å². The molecule has 0 spiro atoms. The Bertz CT molecular complexity index is 710. The highest BCUT2D eigenvalue weighted by Gasteiger charge is 2.26. The molecule has 122 valence electrons. The van der Waals surface area contributed by atoms with Crippen molar-refractivity contribution in [1.82, 2.24) is 20.3 Å². The summed E-state index contributed by atoms with van der Waals surface area (Å²) in [5.41, 5.74) is 0.394. The van der Waals surface area contributed by atoms with Gasteiger partial charge in [0.2, 0.25) is 0 Å². The molecule has 0 aliphatic rings. The van der Waals surface area contributed by atoms with E-state index in [-0.39, 0.29) is 11.3 Å². The standard InChI is InChI=1S/C13H11F3N4O3/c14-13(15,16)5-6-17-11(21)8-1-3-9(4-2-8)20-7-10(12(22)23)18-19-20/h1-4,7H,5-6H2,(H,17,21)(H,22,23). The summed E-state index contributed by atoms with van der Waals surface area (Å²) in [7, 11) is 0. The normalized spacial score (nSPS) is 11.3. The molecule has 0 aliphatic heterocycles. The molecule has 0 bridgehead atoms. The number of aromatic nitrogens is 3. The molecule has 0 fully saturated rings. The van der Waals surface area contributed by atoms with E-state index in [1.54, 1.807) is 0 Å². The molecule has 1 aromatic heterocycles. The number of hydrogen-bond acceptors (Lipinski definition) is 4. The molecule has 2 rings (SSSR count). The van der Waals surface area contributed by atoms with E-state index in [0.717, 1.165) is 0 Å². The highest BCUT2D eigenvalue weighted by atomic mass is 19.4. The van der Waals surface area contributed by atoms with Crippen LogP contribution in [-0.2, 0) is 0 Å². The van der Waals surface area contributed by atoms with Crippen LogP contribution in [0.1, 0.15) is 27.3 Å². The van der Waals surface area contributed by atoms with Crippen molar-refractivity contribution >= 4 is 11.9 Å². The molecular weight excluding hydrogens is 317 g/mol. The predicted molar refractivity (Wildman–Crippen MR) is 71.3 cm³/mol. The summed E-state index contributed by atoms with van der Waals surface area (Å²) in [6.45, 7) is -0.505. The van der Waals surface area contributed by atoms with Gasteiger partial charge in [0.25, 0.3) is 5.91 Å². The number of alkyl halides is 3. The number of amides is 1. The number of carbonyl (C=O) groups excluding carboxylic acids is 1. The number of carbonyl (C=O) groups is 2. The number of rotatable bonds is 5. The third-order valence-electron chi connectivity index (χ3n) is 2.80. The van der Waals surface area contributed by atoms with E-state index in [2.05, 4.69) is 15.6 Å². The van der Waals surface area contributed by atoms with E-state index < -0.39 is 31.0 Å². The first kappa shape index (κ1) is 16.5. The van der Waals surface area contributed by atoms with Crippen molar-refractivity contribution < 1.29 is 27.9 Å². The fourth-order valence-corrected chi connectivity index (χ4v) is 1.67. The van der Waals surface area contributed by atoms with Crippen LogP contribution in [0.2, 0.25) is 0 Å². The second-order valence-electron chi connectivity index (χ2n) is 4.52. The Morgan fingerprint density at radius 2 is 1.87 bits per heavy atom. The maximum Gasteiger partial charge on any atom is 0.390 e. The van der Waals surface area contributed by atoms with Crippen LogP contribution in [0.25, 0.3) is 5.69 Å². The van der Waals surface area contributed by atoms with Crippen LogP contribution in [0.4, 0.5) is 13.2 Å². The lowest BCUT2D eigenvalue weighted by Gasteiger charge is -2.08. The van der Waals surface area contributed by atoms with Gasteiger partial charge in [-0.25, -0.2) is 9.48 Å². The maximum atomic E-state index is 12.0. The van der Waals surface area contributed by atoms with Crippen LogP contribution in [0.15, 0.2) is 30.5 Å². The first-order valence-electron chi connectivity index (χ1n) is 6.37. The monoisotopic (exact) mass is 328 g/mol.